The molecule has 0 saturated carbocycles. The molecule has 3 aromatic carbocycles. The summed E-state index contributed by atoms with van der Waals surface area (Å²) < 4.78 is 1.80. The molecular weight excluding hydrogens is 510 g/mol. The van der Waals surface area contributed by atoms with E-state index >= 15 is 0 Å². The van der Waals surface area contributed by atoms with Crippen molar-refractivity contribution in [1.82, 2.24) is 35.1 Å². The predicted octanol–water partition coefficient (Wildman–Crippen LogP) is 5.37. The van der Waals surface area contributed by atoms with E-state index in [0.717, 1.165) is 38.7 Å². The zero-order valence-electron chi connectivity index (χ0n) is 23.1. The number of hydrogen-bond acceptors (Lipinski definition) is 6. The molecule has 1 atom stereocenters. The van der Waals surface area contributed by atoms with Crippen LogP contribution in [0, 0.1) is 13.8 Å². The molecule has 0 aliphatic carbocycles. The number of aromatic nitrogens is 6. The Balaban J connectivity index is 1.54. The topological polar surface area (TPSA) is 92.6 Å². The number of aryl methyl sites for hydroxylation is 2. The summed E-state index contributed by atoms with van der Waals surface area (Å²) in [6.07, 6.45) is 3.63. The Hall–Kier alpha value is -4.95. The second-order valence-electron chi connectivity index (χ2n) is 10.4. The number of fused-ring (bicyclic) bond motifs is 1. The molecule has 3 aromatic heterocycles. The summed E-state index contributed by atoms with van der Waals surface area (Å²) in [5, 5.41) is 14.0. The van der Waals surface area contributed by atoms with Crippen LogP contribution in [0.15, 0.2) is 108 Å². The number of nitrogens with one attached hydrogen (secondary N) is 1. The fourth-order valence-corrected chi connectivity index (χ4v) is 5.25. The van der Waals surface area contributed by atoms with Crippen LogP contribution in [0.2, 0.25) is 0 Å². The number of nitrogens with zero attached hydrogens (tertiary/aromatic N) is 6. The maximum absolute atomic E-state index is 13.9. The minimum Gasteiger partial charge on any atom is -0.322 e. The van der Waals surface area contributed by atoms with Crippen LogP contribution in [-0.2, 0) is 19.6 Å². The average Bonchev–Trinajstić information content (AvgIpc) is 3.43. The van der Waals surface area contributed by atoms with Crippen LogP contribution < -0.4 is 5.56 Å². The van der Waals surface area contributed by atoms with Gasteiger partial charge in [-0.25, -0.2) is 4.68 Å². The van der Waals surface area contributed by atoms with Crippen molar-refractivity contribution in [2.75, 3.05) is 0 Å². The highest BCUT2D eigenvalue weighted by Gasteiger charge is 2.31. The lowest BCUT2D eigenvalue weighted by Gasteiger charge is -2.31. The second-order valence-corrected chi connectivity index (χ2v) is 10.4. The Morgan fingerprint density at radius 1 is 0.829 bits per heavy atom. The van der Waals surface area contributed by atoms with Crippen molar-refractivity contribution < 1.29 is 0 Å². The van der Waals surface area contributed by atoms with E-state index in [1.54, 1.807) is 10.9 Å². The van der Waals surface area contributed by atoms with Crippen LogP contribution in [0.5, 0.6) is 0 Å². The third kappa shape index (κ3) is 5.83. The minimum absolute atomic E-state index is 0.163. The highest BCUT2D eigenvalue weighted by molar-refractivity contribution is 5.81. The largest absolute Gasteiger partial charge is 0.322 e. The van der Waals surface area contributed by atoms with E-state index in [0.29, 0.717) is 31.0 Å². The van der Waals surface area contributed by atoms with Gasteiger partial charge in [0.15, 0.2) is 5.82 Å². The summed E-state index contributed by atoms with van der Waals surface area (Å²) >= 11 is 0. The molecule has 0 fully saturated rings. The van der Waals surface area contributed by atoms with Gasteiger partial charge in [-0.15, -0.1) is 5.10 Å². The van der Waals surface area contributed by atoms with Crippen molar-refractivity contribution >= 4 is 10.9 Å². The number of benzene rings is 3. The van der Waals surface area contributed by atoms with E-state index in [1.807, 2.05) is 79.0 Å². The van der Waals surface area contributed by atoms with Crippen molar-refractivity contribution in [2.24, 2.45) is 0 Å². The maximum Gasteiger partial charge on any atom is 0.253 e. The molecule has 0 aliphatic rings. The fourth-order valence-electron chi connectivity index (χ4n) is 5.25. The normalized spacial score (nSPS) is 12.2. The molecule has 0 aliphatic heterocycles. The van der Waals surface area contributed by atoms with E-state index in [1.165, 1.54) is 0 Å². The van der Waals surface area contributed by atoms with Gasteiger partial charge in [0, 0.05) is 36.6 Å². The molecule has 41 heavy (non-hydrogen) atoms. The van der Waals surface area contributed by atoms with Crippen LogP contribution in [0.1, 0.15) is 45.2 Å². The number of pyridine rings is 2. The quantitative estimate of drug-likeness (QED) is 0.265. The molecular formula is C33H31N7O. The van der Waals surface area contributed by atoms with Gasteiger partial charge < -0.3 is 4.98 Å². The first kappa shape index (κ1) is 26.3. The summed E-state index contributed by atoms with van der Waals surface area (Å²) in [6, 6.07) is 29.9. The van der Waals surface area contributed by atoms with Crippen LogP contribution in [0.3, 0.4) is 0 Å². The zero-order chi connectivity index (χ0) is 28.2. The lowest BCUT2D eigenvalue weighted by molar-refractivity contribution is 0.194. The van der Waals surface area contributed by atoms with Crippen LogP contribution in [0.25, 0.3) is 10.9 Å². The molecule has 0 bridgehead atoms. The maximum atomic E-state index is 13.9. The average molecular weight is 542 g/mol. The first-order valence-corrected chi connectivity index (χ1v) is 13.7. The van der Waals surface area contributed by atoms with Gasteiger partial charge in [-0.05, 0) is 81.7 Å². The third-order valence-corrected chi connectivity index (χ3v) is 7.46. The SMILES string of the molecule is Cc1cc2cc([C@@H](c3nnnn3Cc3ccccc3)N(Cc3ccccc3)Cc3cccnc3)c(=O)[nH]c2cc1C. The van der Waals surface area contributed by atoms with Crippen molar-refractivity contribution in [3.63, 3.8) is 0 Å². The first-order chi connectivity index (χ1) is 20.0. The molecule has 0 spiro atoms. The van der Waals surface area contributed by atoms with Crippen molar-refractivity contribution in [2.45, 2.75) is 39.5 Å². The monoisotopic (exact) mass is 541 g/mol. The minimum atomic E-state index is -0.538. The third-order valence-electron chi connectivity index (χ3n) is 7.46. The van der Waals surface area contributed by atoms with Gasteiger partial charge >= 0.3 is 0 Å². The molecule has 0 saturated heterocycles. The van der Waals surface area contributed by atoms with Crippen molar-refractivity contribution in [1.29, 1.82) is 0 Å². The van der Waals surface area contributed by atoms with Crippen LogP contribution >= 0.6 is 0 Å². The van der Waals surface area contributed by atoms with E-state index in [2.05, 4.69) is 62.4 Å². The standard InChI is InChI=1S/C33H31N7O/c1-23-16-28-18-29(33(41)35-30(28)17-24(23)2)31(32-36-37-38-40(32)22-26-12-7-4-8-13-26)39(20-25-10-5-3-6-11-25)21-27-14-9-15-34-19-27/h3-19,31H,20-22H2,1-2H3,(H,35,41)/t31-/m0/s1. The summed E-state index contributed by atoms with van der Waals surface area (Å²) in [7, 11) is 0. The molecule has 3 heterocycles. The summed E-state index contributed by atoms with van der Waals surface area (Å²) in [4.78, 5) is 23.6. The molecule has 0 unspecified atom stereocenters. The Bertz CT molecular complexity index is 1770. The summed E-state index contributed by atoms with van der Waals surface area (Å²) in [5.74, 6) is 0.599. The number of aromatic amines is 1. The molecule has 6 aromatic rings. The van der Waals surface area contributed by atoms with E-state index < -0.39 is 6.04 Å². The second kappa shape index (κ2) is 11.7. The Kier molecular flexibility index (Phi) is 7.47. The lowest BCUT2D eigenvalue weighted by Crippen LogP contribution is -2.35. The number of hydrogen-bond donors (Lipinski definition) is 1. The van der Waals surface area contributed by atoms with Gasteiger partial charge in [0.25, 0.3) is 5.56 Å². The fraction of sp³-hybridized carbons (Fsp3) is 0.182. The molecule has 1 N–H and O–H groups in total. The number of tetrazole rings is 1. The Labute approximate surface area is 238 Å². The highest BCUT2D eigenvalue weighted by atomic mass is 16.1. The van der Waals surface area contributed by atoms with Gasteiger partial charge in [0.2, 0.25) is 0 Å². The molecule has 8 nitrogen and oxygen atoms in total. The van der Waals surface area contributed by atoms with E-state index in [4.69, 9.17) is 0 Å². The van der Waals surface area contributed by atoms with E-state index in [-0.39, 0.29) is 5.56 Å². The lowest BCUT2D eigenvalue weighted by atomic mass is 9.99. The van der Waals surface area contributed by atoms with Gasteiger partial charge in [-0.3, -0.25) is 14.7 Å². The molecule has 0 radical (unpaired) electrons. The Morgan fingerprint density at radius 3 is 2.24 bits per heavy atom. The van der Waals surface area contributed by atoms with E-state index in [9.17, 15) is 4.79 Å². The zero-order valence-corrected chi connectivity index (χ0v) is 23.1. The first-order valence-electron chi connectivity index (χ1n) is 13.7. The number of H-pyrrole nitrogens is 1. The van der Waals surface area contributed by atoms with Gasteiger partial charge in [0.1, 0.15) is 6.04 Å². The smallest absolute Gasteiger partial charge is 0.253 e. The summed E-state index contributed by atoms with van der Waals surface area (Å²) in [6.45, 7) is 5.73. The summed E-state index contributed by atoms with van der Waals surface area (Å²) in [5.41, 5.74) is 6.75. The molecule has 8 heteroatoms. The van der Waals surface area contributed by atoms with Crippen molar-refractivity contribution in [3.8, 4) is 0 Å². The van der Waals surface area contributed by atoms with Gasteiger partial charge in [-0.1, -0.05) is 66.7 Å². The van der Waals surface area contributed by atoms with Gasteiger partial charge in [-0.2, -0.15) is 0 Å². The molecule has 204 valence electrons. The van der Waals surface area contributed by atoms with Crippen LogP contribution in [-0.4, -0.2) is 35.1 Å². The molecule has 6 rings (SSSR count). The number of rotatable bonds is 9. The highest BCUT2D eigenvalue weighted by Crippen LogP contribution is 2.30. The predicted molar refractivity (Wildman–Crippen MR) is 159 cm³/mol. The van der Waals surface area contributed by atoms with Gasteiger partial charge in [0.05, 0.1) is 6.54 Å². The Morgan fingerprint density at radius 2 is 1.51 bits per heavy atom. The molecule has 0 amide bonds. The van der Waals surface area contributed by atoms with Crippen LogP contribution in [0.4, 0.5) is 0 Å². The van der Waals surface area contributed by atoms with Crippen molar-refractivity contribution in [3.05, 3.63) is 153 Å².